The summed E-state index contributed by atoms with van der Waals surface area (Å²) in [6, 6.07) is -0.110. The van der Waals surface area contributed by atoms with E-state index in [-0.39, 0.29) is 29.5 Å². The van der Waals surface area contributed by atoms with E-state index in [1.54, 1.807) is 4.90 Å². The molecule has 0 saturated carbocycles. The summed E-state index contributed by atoms with van der Waals surface area (Å²) in [5.74, 6) is -0.986. The number of nitrogens with one attached hydrogen (secondary N) is 2. The van der Waals surface area contributed by atoms with Crippen molar-refractivity contribution in [2.45, 2.75) is 39.2 Å². The van der Waals surface area contributed by atoms with Gasteiger partial charge in [-0.2, -0.15) is 0 Å². The predicted molar refractivity (Wildman–Crippen MR) is 75.9 cm³/mol. The van der Waals surface area contributed by atoms with Gasteiger partial charge in [-0.05, 0) is 19.3 Å². The normalized spacial score (nSPS) is 19.4. The zero-order valence-electron chi connectivity index (χ0n) is 12.3. The SMILES string of the molecule is CC(C)C(=O)N1CCCC[C@H](NC(=O)c2coc(=O)[nH]2)C1. The van der Waals surface area contributed by atoms with Crippen molar-refractivity contribution in [2.75, 3.05) is 13.1 Å². The summed E-state index contributed by atoms with van der Waals surface area (Å²) < 4.78 is 4.55. The number of oxazole rings is 1. The van der Waals surface area contributed by atoms with Crippen LogP contribution in [0.3, 0.4) is 0 Å². The molecule has 1 fully saturated rings. The second-order valence-electron chi connectivity index (χ2n) is 5.67. The number of aromatic nitrogens is 1. The molecule has 7 nitrogen and oxygen atoms in total. The minimum absolute atomic E-state index is 0.0512. The van der Waals surface area contributed by atoms with Crippen molar-refractivity contribution in [3.05, 3.63) is 22.5 Å². The van der Waals surface area contributed by atoms with Crippen molar-refractivity contribution in [3.63, 3.8) is 0 Å². The van der Waals surface area contributed by atoms with Crippen molar-refractivity contribution in [1.82, 2.24) is 15.2 Å². The molecule has 2 rings (SSSR count). The topological polar surface area (TPSA) is 95.4 Å². The molecule has 1 aliphatic rings. The number of carbonyl (C=O) groups is 2. The van der Waals surface area contributed by atoms with Gasteiger partial charge in [0.15, 0.2) is 0 Å². The number of rotatable bonds is 3. The van der Waals surface area contributed by atoms with Crippen LogP contribution in [0.2, 0.25) is 0 Å². The summed E-state index contributed by atoms with van der Waals surface area (Å²) in [5.41, 5.74) is 0.103. The molecule has 7 heteroatoms. The lowest BCUT2D eigenvalue weighted by Gasteiger charge is -2.26. The van der Waals surface area contributed by atoms with Crippen LogP contribution in [0.1, 0.15) is 43.6 Å². The van der Waals surface area contributed by atoms with E-state index in [2.05, 4.69) is 14.7 Å². The Morgan fingerprint density at radius 2 is 2.19 bits per heavy atom. The van der Waals surface area contributed by atoms with Gasteiger partial charge in [0.2, 0.25) is 5.91 Å². The molecule has 0 spiro atoms. The van der Waals surface area contributed by atoms with Crippen LogP contribution in [0.25, 0.3) is 0 Å². The van der Waals surface area contributed by atoms with Crippen LogP contribution < -0.4 is 11.1 Å². The third-order valence-electron chi connectivity index (χ3n) is 3.58. The molecule has 0 radical (unpaired) electrons. The van der Waals surface area contributed by atoms with Gasteiger partial charge in [-0.25, -0.2) is 4.79 Å². The molecule has 2 N–H and O–H groups in total. The van der Waals surface area contributed by atoms with E-state index in [0.717, 1.165) is 32.1 Å². The Kier molecular flexibility index (Phi) is 4.82. The molecule has 2 heterocycles. The van der Waals surface area contributed by atoms with Gasteiger partial charge in [-0.3, -0.25) is 14.6 Å². The number of amides is 2. The Morgan fingerprint density at radius 3 is 2.81 bits per heavy atom. The minimum atomic E-state index is -0.655. The van der Waals surface area contributed by atoms with Crippen LogP contribution in [-0.4, -0.2) is 40.8 Å². The van der Waals surface area contributed by atoms with Crippen molar-refractivity contribution in [1.29, 1.82) is 0 Å². The van der Waals surface area contributed by atoms with Gasteiger partial charge in [-0.1, -0.05) is 13.8 Å². The minimum Gasteiger partial charge on any atom is -0.416 e. The highest BCUT2D eigenvalue weighted by Gasteiger charge is 2.25. The van der Waals surface area contributed by atoms with E-state index in [9.17, 15) is 14.4 Å². The third kappa shape index (κ3) is 3.96. The first-order valence-electron chi connectivity index (χ1n) is 7.25. The lowest BCUT2D eigenvalue weighted by Crippen LogP contribution is -2.45. The molecule has 1 aliphatic heterocycles. The van der Waals surface area contributed by atoms with E-state index in [0.29, 0.717) is 6.54 Å². The van der Waals surface area contributed by atoms with Crippen LogP contribution in [0.4, 0.5) is 0 Å². The number of nitrogens with zero attached hydrogens (tertiary/aromatic N) is 1. The van der Waals surface area contributed by atoms with Crippen molar-refractivity contribution in [3.8, 4) is 0 Å². The van der Waals surface area contributed by atoms with Crippen LogP contribution >= 0.6 is 0 Å². The highest BCUT2D eigenvalue weighted by Crippen LogP contribution is 2.13. The third-order valence-corrected chi connectivity index (χ3v) is 3.58. The summed E-state index contributed by atoms with van der Waals surface area (Å²) in [6.07, 6.45) is 3.81. The quantitative estimate of drug-likeness (QED) is 0.859. The fourth-order valence-electron chi connectivity index (χ4n) is 2.48. The van der Waals surface area contributed by atoms with Crippen LogP contribution in [-0.2, 0) is 4.79 Å². The van der Waals surface area contributed by atoms with Gasteiger partial charge in [0.05, 0.1) is 0 Å². The summed E-state index contributed by atoms with van der Waals surface area (Å²) in [7, 11) is 0. The molecular weight excluding hydrogens is 274 g/mol. The Morgan fingerprint density at radius 1 is 1.43 bits per heavy atom. The molecule has 0 unspecified atom stereocenters. The average molecular weight is 295 g/mol. The summed E-state index contributed by atoms with van der Waals surface area (Å²) in [4.78, 5) is 39.1. The van der Waals surface area contributed by atoms with Gasteiger partial charge in [0, 0.05) is 25.0 Å². The fraction of sp³-hybridized carbons (Fsp3) is 0.643. The highest BCUT2D eigenvalue weighted by molar-refractivity contribution is 5.92. The molecule has 1 atom stereocenters. The van der Waals surface area contributed by atoms with Crippen LogP contribution in [0.5, 0.6) is 0 Å². The van der Waals surface area contributed by atoms with Gasteiger partial charge in [0.1, 0.15) is 12.0 Å². The maximum absolute atomic E-state index is 12.1. The van der Waals surface area contributed by atoms with Crippen molar-refractivity contribution >= 4 is 11.8 Å². The maximum atomic E-state index is 12.1. The highest BCUT2D eigenvalue weighted by atomic mass is 16.4. The van der Waals surface area contributed by atoms with Gasteiger partial charge in [0.25, 0.3) is 5.91 Å². The van der Waals surface area contributed by atoms with E-state index >= 15 is 0 Å². The number of hydrogen-bond acceptors (Lipinski definition) is 4. The molecule has 0 aromatic carbocycles. The van der Waals surface area contributed by atoms with Crippen molar-refractivity contribution < 1.29 is 14.0 Å². The number of hydrogen-bond donors (Lipinski definition) is 2. The summed E-state index contributed by atoms with van der Waals surface area (Å²) in [5, 5.41) is 2.85. The van der Waals surface area contributed by atoms with Crippen LogP contribution in [0, 0.1) is 5.92 Å². The van der Waals surface area contributed by atoms with Gasteiger partial charge in [-0.15, -0.1) is 0 Å². The van der Waals surface area contributed by atoms with Gasteiger partial charge >= 0.3 is 5.76 Å². The zero-order chi connectivity index (χ0) is 15.4. The summed E-state index contributed by atoms with van der Waals surface area (Å²) in [6.45, 7) is 4.98. The summed E-state index contributed by atoms with van der Waals surface area (Å²) >= 11 is 0. The fourth-order valence-corrected chi connectivity index (χ4v) is 2.48. The molecule has 1 saturated heterocycles. The first kappa shape index (κ1) is 15.3. The molecule has 1 aromatic heterocycles. The van der Waals surface area contributed by atoms with E-state index in [1.165, 1.54) is 0 Å². The van der Waals surface area contributed by atoms with E-state index in [4.69, 9.17) is 0 Å². The largest absolute Gasteiger partial charge is 0.416 e. The first-order valence-corrected chi connectivity index (χ1v) is 7.25. The Hall–Kier alpha value is -2.05. The van der Waals surface area contributed by atoms with E-state index < -0.39 is 5.76 Å². The molecule has 1 aromatic rings. The van der Waals surface area contributed by atoms with Crippen LogP contribution in [0.15, 0.2) is 15.5 Å². The Balaban J connectivity index is 2.00. The molecular formula is C14H21N3O4. The molecule has 2 amide bonds. The number of carbonyl (C=O) groups excluding carboxylic acids is 2. The molecule has 116 valence electrons. The second kappa shape index (κ2) is 6.60. The lowest BCUT2D eigenvalue weighted by atomic mass is 10.1. The zero-order valence-corrected chi connectivity index (χ0v) is 12.3. The monoisotopic (exact) mass is 295 g/mol. The molecule has 0 bridgehead atoms. The number of H-pyrrole nitrogens is 1. The molecule has 21 heavy (non-hydrogen) atoms. The van der Waals surface area contributed by atoms with Gasteiger partial charge < -0.3 is 14.6 Å². The standard InChI is InChI=1S/C14H21N3O4/c1-9(2)13(19)17-6-4-3-5-10(7-17)15-12(18)11-8-21-14(20)16-11/h8-10H,3-7H2,1-2H3,(H,15,18)(H,16,20)/t10-/m0/s1. The Labute approximate surface area is 122 Å². The maximum Gasteiger partial charge on any atom is 0.416 e. The number of aromatic amines is 1. The van der Waals surface area contributed by atoms with E-state index in [1.807, 2.05) is 13.8 Å². The lowest BCUT2D eigenvalue weighted by molar-refractivity contribution is -0.134. The average Bonchev–Trinajstić information content (AvgIpc) is 2.74. The predicted octanol–water partition coefficient (Wildman–Crippen LogP) is 0.735. The van der Waals surface area contributed by atoms with Crippen molar-refractivity contribution in [2.24, 2.45) is 5.92 Å². The smallest absolute Gasteiger partial charge is 0.416 e. The second-order valence-corrected chi connectivity index (χ2v) is 5.67. The Bertz CT molecular complexity index is 561. The molecule has 0 aliphatic carbocycles. The first-order chi connectivity index (χ1) is 9.97. The number of likely N-dealkylation sites (tertiary alicyclic amines) is 1.